The van der Waals surface area contributed by atoms with Crippen LogP contribution in [-0.2, 0) is 0 Å². The van der Waals surface area contributed by atoms with Gasteiger partial charge in [-0.05, 0) is 6.07 Å². The number of aromatic nitrogens is 2. The van der Waals surface area contributed by atoms with Crippen molar-refractivity contribution in [2.75, 3.05) is 5.73 Å². The fraction of sp³-hybridized carbons (Fsp3) is 0. The van der Waals surface area contributed by atoms with Gasteiger partial charge in [-0.3, -0.25) is 0 Å². The fourth-order valence-electron chi connectivity index (χ4n) is 1.18. The van der Waals surface area contributed by atoms with E-state index in [1.165, 1.54) is 0 Å². The topological polar surface area (TPSA) is 167 Å². The van der Waals surface area contributed by atoms with Crippen LogP contribution < -0.4 is 5.73 Å². The molecule has 0 spiro atoms. The first-order chi connectivity index (χ1) is 8.97. The summed E-state index contributed by atoms with van der Waals surface area (Å²) in [6, 6.07) is 1.30. The van der Waals surface area contributed by atoms with E-state index in [1.54, 1.807) is 0 Å². The minimum Gasteiger partial charge on any atom is -0.507 e. The third kappa shape index (κ3) is 2.57. The van der Waals surface area contributed by atoms with Crippen LogP contribution in [0.2, 0.25) is 0 Å². The number of azo groups is 1. The molecule has 19 heavy (non-hydrogen) atoms. The lowest BCUT2D eigenvalue weighted by Gasteiger charge is -2.02. The number of phenols is 2. The van der Waals surface area contributed by atoms with Gasteiger partial charge in [0.05, 0.1) is 0 Å². The molecule has 0 unspecified atom stereocenters. The monoisotopic (exact) mass is 265 g/mol. The second kappa shape index (κ2) is 4.60. The highest BCUT2D eigenvalue weighted by Crippen LogP contribution is 2.34. The molecule has 10 heteroatoms. The average molecular weight is 265 g/mol. The summed E-state index contributed by atoms with van der Waals surface area (Å²) in [7, 11) is 0. The molecule has 0 aliphatic carbocycles. The van der Waals surface area contributed by atoms with Crippen molar-refractivity contribution in [2.45, 2.75) is 0 Å². The van der Waals surface area contributed by atoms with E-state index >= 15 is 0 Å². The third-order valence-electron chi connectivity index (χ3n) is 2.00. The molecule has 2 rings (SSSR count). The van der Waals surface area contributed by atoms with Crippen molar-refractivity contribution in [1.29, 1.82) is 0 Å². The highest BCUT2D eigenvalue weighted by Gasteiger charge is 2.14. The number of nitrogens with two attached hydrogens (primary N) is 1. The number of phenolic OH excluding ortho intramolecular Hbond substituents is 1. The number of hydrogen-bond donors (Lipinski definition) is 4. The molecule has 0 saturated heterocycles. The largest absolute Gasteiger partial charge is 0.507 e. The minimum absolute atomic E-state index is 0.188. The number of nitrogens with zero attached hydrogens (tertiary/aromatic N) is 4. The van der Waals surface area contributed by atoms with Crippen LogP contribution in [0, 0.1) is 0 Å². The SMILES string of the molecule is Nc1nnc(N=Nc2cc(C(=O)O)c(O)cc2O)o1. The molecule has 1 heterocycles. The molecule has 0 atom stereocenters. The molecule has 0 aliphatic rings. The quantitative estimate of drug-likeness (QED) is 0.599. The van der Waals surface area contributed by atoms with Crippen LogP contribution in [0.5, 0.6) is 11.5 Å². The molecule has 10 nitrogen and oxygen atoms in total. The zero-order valence-corrected chi connectivity index (χ0v) is 9.18. The van der Waals surface area contributed by atoms with E-state index < -0.39 is 23.0 Å². The highest BCUT2D eigenvalue weighted by atomic mass is 16.4. The maximum atomic E-state index is 10.8. The van der Waals surface area contributed by atoms with Crippen LogP contribution in [0.15, 0.2) is 26.8 Å². The van der Waals surface area contributed by atoms with Gasteiger partial charge in [-0.1, -0.05) is 15.3 Å². The average Bonchev–Trinajstić information content (AvgIpc) is 2.73. The molecule has 0 aliphatic heterocycles. The van der Waals surface area contributed by atoms with Crippen molar-refractivity contribution in [3.05, 3.63) is 17.7 Å². The lowest BCUT2D eigenvalue weighted by atomic mass is 10.1. The van der Waals surface area contributed by atoms with Crippen LogP contribution in [0.25, 0.3) is 0 Å². The molecule has 1 aromatic carbocycles. The Hall–Kier alpha value is -3.17. The van der Waals surface area contributed by atoms with E-state index in [4.69, 9.17) is 15.3 Å². The van der Waals surface area contributed by atoms with Gasteiger partial charge in [0, 0.05) is 6.07 Å². The van der Waals surface area contributed by atoms with Crippen molar-refractivity contribution >= 4 is 23.7 Å². The Labute approximate surface area is 104 Å². The summed E-state index contributed by atoms with van der Waals surface area (Å²) in [4.78, 5) is 10.8. The maximum absolute atomic E-state index is 10.8. The summed E-state index contributed by atoms with van der Waals surface area (Å²) in [5.41, 5.74) is 4.54. The van der Waals surface area contributed by atoms with Crippen LogP contribution in [0.3, 0.4) is 0 Å². The van der Waals surface area contributed by atoms with E-state index in [-0.39, 0.29) is 17.7 Å². The Morgan fingerprint density at radius 3 is 2.53 bits per heavy atom. The molecule has 5 N–H and O–H groups in total. The molecule has 0 fully saturated rings. The van der Waals surface area contributed by atoms with E-state index in [2.05, 4.69) is 20.4 Å². The van der Waals surface area contributed by atoms with E-state index in [0.29, 0.717) is 0 Å². The zero-order valence-electron chi connectivity index (χ0n) is 9.18. The summed E-state index contributed by atoms with van der Waals surface area (Å²) in [5, 5.41) is 41.3. The number of carbonyl (C=O) groups is 1. The van der Waals surface area contributed by atoms with Gasteiger partial charge in [-0.25, -0.2) is 4.79 Å². The van der Waals surface area contributed by atoms with Crippen LogP contribution in [0.1, 0.15) is 10.4 Å². The number of hydrogen-bond acceptors (Lipinski definition) is 9. The van der Waals surface area contributed by atoms with Crippen molar-refractivity contribution < 1.29 is 24.5 Å². The summed E-state index contributed by atoms with van der Waals surface area (Å²) in [6.07, 6.45) is 0. The normalized spacial score (nSPS) is 10.9. The van der Waals surface area contributed by atoms with Gasteiger partial charge < -0.3 is 25.5 Å². The van der Waals surface area contributed by atoms with Crippen molar-refractivity contribution in [3.8, 4) is 11.5 Å². The van der Waals surface area contributed by atoms with E-state index in [1.807, 2.05) is 0 Å². The summed E-state index contributed by atoms with van der Waals surface area (Å²) < 4.78 is 4.69. The smallest absolute Gasteiger partial charge is 0.363 e. The number of nitrogen functional groups attached to an aromatic ring is 1. The maximum Gasteiger partial charge on any atom is 0.363 e. The molecular formula is C9H7N5O5. The Bertz CT molecular complexity index is 665. The van der Waals surface area contributed by atoms with Gasteiger partial charge >= 0.3 is 18.0 Å². The third-order valence-corrected chi connectivity index (χ3v) is 2.00. The van der Waals surface area contributed by atoms with Crippen LogP contribution >= 0.6 is 0 Å². The lowest BCUT2D eigenvalue weighted by Crippen LogP contribution is -1.96. The van der Waals surface area contributed by atoms with Crippen molar-refractivity contribution in [1.82, 2.24) is 10.2 Å². The minimum atomic E-state index is -1.38. The standard InChI is InChI=1S/C9H7N5O5/c10-8-12-14-9(19-8)13-11-4-1-3(7(17)18)5(15)2-6(4)16/h1-2,15-16H,(H2,10,12)(H,17,18). The molecule has 2 aromatic rings. The number of aromatic hydroxyl groups is 2. The van der Waals surface area contributed by atoms with Crippen LogP contribution in [-0.4, -0.2) is 31.5 Å². The summed E-state index contributed by atoms with van der Waals surface area (Å²) in [5.74, 6) is -2.43. The molecule has 0 saturated carbocycles. The second-order valence-electron chi connectivity index (χ2n) is 3.29. The Kier molecular flexibility index (Phi) is 2.98. The van der Waals surface area contributed by atoms with E-state index in [9.17, 15) is 15.0 Å². The van der Waals surface area contributed by atoms with Gasteiger partial charge in [0.1, 0.15) is 22.7 Å². The van der Waals surface area contributed by atoms with Crippen molar-refractivity contribution in [3.63, 3.8) is 0 Å². The summed E-state index contributed by atoms with van der Waals surface area (Å²) in [6.45, 7) is 0. The number of rotatable bonds is 3. The first-order valence-corrected chi connectivity index (χ1v) is 4.77. The first kappa shape index (κ1) is 12.3. The number of carboxylic acids is 1. The zero-order chi connectivity index (χ0) is 14.0. The van der Waals surface area contributed by atoms with Gasteiger partial charge in [0.25, 0.3) is 0 Å². The van der Waals surface area contributed by atoms with Crippen LogP contribution in [0.4, 0.5) is 17.7 Å². The molecule has 0 radical (unpaired) electrons. The predicted molar refractivity (Wildman–Crippen MR) is 59.6 cm³/mol. The number of carboxylic acid groups (broad SMARTS) is 1. The Balaban J connectivity index is 2.37. The second-order valence-corrected chi connectivity index (χ2v) is 3.29. The van der Waals surface area contributed by atoms with E-state index in [0.717, 1.165) is 12.1 Å². The Morgan fingerprint density at radius 1 is 1.21 bits per heavy atom. The molecule has 98 valence electrons. The lowest BCUT2D eigenvalue weighted by molar-refractivity contribution is 0.0694. The molecular weight excluding hydrogens is 258 g/mol. The predicted octanol–water partition coefficient (Wildman–Crippen LogP) is 1.18. The summed E-state index contributed by atoms with van der Waals surface area (Å²) >= 11 is 0. The Morgan fingerprint density at radius 2 is 1.95 bits per heavy atom. The molecule has 0 amide bonds. The highest BCUT2D eigenvalue weighted by molar-refractivity contribution is 5.92. The van der Waals surface area contributed by atoms with Gasteiger partial charge in [0.15, 0.2) is 0 Å². The molecule has 1 aromatic heterocycles. The number of anilines is 1. The number of aromatic carboxylic acids is 1. The van der Waals surface area contributed by atoms with Gasteiger partial charge in [0.2, 0.25) is 0 Å². The number of benzene rings is 1. The molecule has 0 bridgehead atoms. The van der Waals surface area contributed by atoms with Gasteiger partial charge in [-0.15, -0.1) is 5.11 Å². The first-order valence-electron chi connectivity index (χ1n) is 4.77. The van der Waals surface area contributed by atoms with Crippen molar-refractivity contribution in [2.24, 2.45) is 10.2 Å². The van der Waals surface area contributed by atoms with Gasteiger partial charge in [-0.2, -0.15) is 0 Å². The fourth-order valence-corrected chi connectivity index (χ4v) is 1.18.